The van der Waals surface area contributed by atoms with Gasteiger partial charge in [-0.3, -0.25) is 4.79 Å². The molecule has 2 rings (SSSR count). The number of ether oxygens (including phenoxy) is 1. The molecule has 1 aliphatic heterocycles. The molecule has 1 aromatic carbocycles. The van der Waals surface area contributed by atoms with Gasteiger partial charge in [-0.05, 0) is 25.0 Å². The van der Waals surface area contributed by atoms with Gasteiger partial charge in [-0.15, -0.1) is 0 Å². The van der Waals surface area contributed by atoms with Crippen LogP contribution in [0.5, 0.6) is 5.75 Å². The summed E-state index contributed by atoms with van der Waals surface area (Å²) in [6.07, 6.45) is 1.80. The molecule has 2 N–H and O–H groups in total. The summed E-state index contributed by atoms with van der Waals surface area (Å²) in [6.45, 7) is 7.83. The van der Waals surface area contributed by atoms with Crippen molar-refractivity contribution < 1.29 is 14.3 Å². The number of carbonyl (C=O) groups is 2. The predicted octanol–water partition coefficient (Wildman–Crippen LogP) is 1.99. The fraction of sp³-hybridized carbons (Fsp3) is 0.556. The first-order valence-corrected chi connectivity index (χ1v) is 8.47. The summed E-state index contributed by atoms with van der Waals surface area (Å²) in [7, 11) is 0. The molecule has 0 unspecified atom stereocenters. The van der Waals surface area contributed by atoms with Crippen molar-refractivity contribution in [3.05, 3.63) is 29.3 Å². The van der Waals surface area contributed by atoms with Crippen molar-refractivity contribution in [2.24, 2.45) is 0 Å². The van der Waals surface area contributed by atoms with Crippen LogP contribution in [0.3, 0.4) is 0 Å². The van der Waals surface area contributed by atoms with Crippen LogP contribution in [0.25, 0.3) is 0 Å². The van der Waals surface area contributed by atoms with E-state index in [1.807, 2.05) is 6.07 Å². The molecule has 1 heterocycles. The number of hydrogen-bond donors (Lipinski definition) is 2. The Balaban J connectivity index is 1.75. The number of para-hydroxylation sites is 1. The maximum atomic E-state index is 12.1. The molecule has 1 saturated heterocycles. The van der Waals surface area contributed by atoms with Gasteiger partial charge >= 0.3 is 6.03 Å². The number of rotatable bonds is 5. The predicted molar refractivity (Wildman–Crippen MR) is 93.2 cm³/mol. The molecule has 1 aromatic rings. The Bertz CT molecular complexity index is 561. The third-order valence-corrected chi connectivity index (χ3v) is 4.20. The second-order valence-corrected chi connectivity index (χ2v) is 6.24. The van der Waals surface area contributed by atoms with Gasteiger partial charge in [0.1, 0.15) is 11.9 Å². The minimum Gasteiger partial charge on any atom is -0.490 e. The highest BCUT2D eigenvalue weighted by Gasteiger charge is 2.24. The third-order valence-electron chi connectivity index (χ3n) is 4.20. The molecule has 0 saturated carbocycles. The Morgan fingerprint density at radius 1 is 1.12 bits per heavy atom. The number of aryl methyl sites for hydroxylation is 2. The summed E-state index contributed by atoms with van der Waals surface area (Å²) in [5.41, 5.74) is 2.29. The molecule has 3 amide bonds. The number of nitrogens with one attached hydrogen (secondary N) is 2. The zero-order chi connectivity index (χ0) is 17.5. The quantitative estimate of drug-likeness (QED) is 0.810. The van der Waals surface area contributed by atoms with E-state index in [4.69, 9.17) is 4.74 Å². The minimum atomic E-state index is -0.0892. The Morgan fingerprint density at radius 3 is 2.29 bits per heavy atom. The number of amides is 3. The smallest absolute Gasteiger partial charge is 0.317 e. The summed E-state index contributed by atoms with van der Waals surface area (Å²) in [5.74, 6) is 0.879. The highest BCUT2D eigenvalue weighted by Crippen LogP contribution is 2.26. The molecular formula is C18H27N3O3. The third kappa shape index (κ3) is 5.15. The number of likely N-dealkylation sites (tertiary alicyclic amines) is 1. The van der Waals surface area contributed by atoms with Crippen molar-refractivity contribution in [2.75, 3.05) is 26.2 Å². The molecule has 0 radical (unpaired) electrons. The van der Waals surface area contributed by atoms with Crippen molar-refractivity contribution in [3.8, 4) is 5.75 Å². The highest BCUT2D eigenvalue weighted by molar-refractivity contribution is 5.75. The normalized spacial score (nSPS) is 15.0. The van der Waals surface area contributed by atoms with Gasteiger partial charge in [0.2, 0.25) is 5.91 Å². The number of piperidine rings is 1. The summed E-state index contributed by atoms with van der Waals surface area (Å²) in [5, 5.41) is 5.48. The van der Waals surface area contributed by atoms with E-state index in [1.54, 1.807) is 4.90 Å². The SMILES string of the molecule is CC(=O)NCCNC(=O)N1CCC(Oc2c(C)cccc2C)CC1. The van der Waals surface area contributed by atoms with Crippen LogP contribution in [0.4, 0.5) is 4.79 Å². The van der Waals surface area contributed by atoms with Gasteiger partial charge in [-0.25, -0.2) is 4.79 Å². The van der Waals surface area contributed by atoms with E-state index in [9.17, 15) is 9.59 Å². The molecule has 1 fully saturated rings. The molecule has 0 spiro atoms. The summed E-state index contributed by atoms with van der Waals surface area (Å²) >= 11 is 0. The molecular weight excluding hydrogens is 306 g/mol. The molecule has 132 valence electrons. The minimum absolute atomic E-state index is 0.0779. The van der Waals surface area contributed by atoms with E-state index >= 15 is 0 Å². The topological polar surface area (TPSA) is 70.7 Å². The summed E-state index contributed by atoms with van der Waals surface area (Å²) in [6, 6.07) is 6.07. The second kappa shape index (κ2) is 8.57. The first kappa shape index (κ1) is 18.1. The molecule has 0 aromatic heterocycles. The van der Waals surface area contributed by atoms with Crippen LogP contribution in [0.2, 0.25) is 0 Å². The van der Waals surface area contributed by atoms with Crippen molar-refractivity contribution in [2.45, 2.75) is 39.7 Å². The fourth-order valence-corrected chi connectivity index (χ4v) is 2.85. The first-order valence-electron chi connectivity index (χ1n) is 8.47. The van der Waals surface area contributed by atoms with E-state index in [1.165, 1.54) is 6.92 Å². The lowest BCUT2D eigenvalue weighted by Gasteiger charge is -2.32. The van der Waals surface area contributed by atoms with Gasteiger partial charge in [-0.1, -0.05) is 18.2 Å². The zero-order valence-electron chi connectivity index (χ0n) is 14.7. The van der Waals surface area contributed by atoms with Crippen LogP contribution < -0.4 is 15.4 Å². The van der Waals surface area contributed by atoms with Gasteiger partial charge in [0.05, 0.1) is 0 Å². The lowest BCUT2D eigenvalue weighted by Crippen LogP contribution is -2.47. The summed E-state index contributed by atoms with van der Waals surface area (Å²) < 4.78 is 6.16. The second-order valence-electron chi connectivity index (χ2n) is 6.24. The van der Waals surface area contributed by atoms with Crippen LogP contribution in [-0.2, 0) is 4.79 Å². The Kier molecular flexibility index (Phi) is 6.46. The maximum Gasteiger partial charge on any atom is 0.317 e. The Labute approximate surface area is 143 Å². The average Bonchev–Trinajstić information content (AvgIpc) is 2.55. The molecule has 1 aliphatic rings. The van der Waals surface area contributed by atoms with Crippen LogP contribution in [0.1, 0.15) is 30.9 Å². The average molecular weight is 333 g/mol. The molecule has 24 heavy (non-hydrogen) atoms. The van der Waals surface area contributed by atoms with Crippen molar-refractivity contribution >= 4 is 11.9 Å². The standard InChI is InChI=1S/C18H27N3O3/c1-13-5-4-6-14(2)17(13)24-16-7-11-21(12-8-16)18(23)20-10-9-19-15(3)22/h4-6,16H,7-12H2,1-3H3,(H,19,22)(H,20,23). The van der Waals surface area contributed by atoms with E-state index < -0.39 is 0 Å². The van der Waals surface area contributed by atoms with Gasteiger partial charge in [0, 0.05) is 45.9 Å². The van der Waals surface area contributed by atoms with Crippen LogP contribution >= 0.6 is 0 Å². The monoisotopic (exact) mass is 333 g/mol. The van der Waals surface area contributed by atoms with Gasteiger partial charge in [0.25, 0.3) is 0 Å². The maximum absolute atomic E-state index is 12.1. The van der Waals surface area contributed by atoms with Crippen molar-refractivity contribution in [3.63, 3.8) is 0 Å². The van der Waals surface area contributed by atoms with Gasteiger partial charge in [0.15, 0.2) is 0 Å². The van der Waals surface area contributed by atoms with Crippen LogP contribution in [0, 0.1) is 13.8 Å². The van der Waals surface area contributed by atoms with E-state index in [0.717, 1.165) is 29.7 Å². The molecule has 6 nitrogen and oxygen atoms in total. The molecule has 0 aliphatic carbocycles. The van der Waals surface area contributed by atoms with Crippen LogP contribution in [-0.4, -0.2) is 49.1 Å². The van der Waals surface area contributed by atoms with Crippen molar-refractivity contribution in [1.29, 1.82) is 0 Å². The lowest BCUT2D eigenvalue weighted by molar-refractivity contribution is -0.118. The van der Waals surface area contributed by atoms with E-state index in [-0.39, 0.29) is 18.0 Å². The summed E-state index contributed by atoms with van der Waals surface area (Å²) in [4.78, 5) is 24.7. The molecule has 0 bridgehead atoms. The van der Waals surface area contributed by atoms with Crippen molar-refractivity contribution in [1.82, 2.24) is 15.5 Å². The molecule has 6 heteroatoms. The van der Waals surface area contributed by atoms with Gasteiger partial charge in [-0.2, -0.15) is 0 Å². The highest BCUT2D eigenvalue weighted by atomic mass is 16.5. The number of nitrogens with zero attached hydrogens (tertiary/aromatic N) is 1. The lowest BCUT2D eigenvalue weighted by atomic mass is 10.1. The van der Waals surface area contributed by atoms with Gasteiger partial charge < -0.3 is 20.3 Å². The Hall–Kier alpha value is -2.24. The largest absolute Gasteiger partial charge is 0.490 e. The number of benzene rings is 1. The molecule has 0 atom stereocenters. The number of urea groups is 1. The zero-order valence-corrected chi connectivity index (χ0v) is 14.7. The van der Waals surface area contributed by atoms with Crippen LogP contribution in [0.15, 0.2) is 18.2 Å². The van der Waals surface area contributed by atoms with E-state index in [0.29, 0.717) is 26.2 Å². The first-order chi connectivity index (χ1) is 11.5. The Morgan fingerprint density at radius 2 is 1.71 bits per heavy atom. The number of hydrogen-bond acceptors (Lipinski definition) is 3. The fourth-order valence-electron chi connectivity index (χ4n) is 2.85. The van der Waals surface area contributed by atoms with E-state index in [2.05, 4.69) is 36.6 Å². The number of carbonyl (C=O) groups excluding carboxylic acids is 2.